The summed E-state index contributed by atoms with van der Waals surface area (Å²) in [5.74, 6) is 0.429. The summed E-state index contributed by atoms with van der Waals surface area (Å²) in [4.78, 5) is 48.0. The van der Waals surface area contributed by atoms with Gasteiger partial charge >= 0.3 is 0 Å². The fraction of sp³-hybridized carbons (Fsp3) is 0.516. The molecule has 4 heterocycles. The maximum absolute atomic E-state index is 13.7. The second-order valence-corrected chi connectivity index (χ2v) is 11.1. The van der Waals surface area contributed by atoms with Crippen LogP contribution in [0.3, 0.4) is 0 Å². The van der Waals surface area contributed by atoms with Crippen LogP contribution in [0.5, 0.6) is 5.75 Å². The molecule has 9 nitrogen and oxygen atoms in total. The number of fused-ring (bicyclic) bond motifs is 1. The fourth-order valence-corrected chi connectivity index (χ4v) is 6.56. The highest BCUT2D eigenvalue weighted by atomic mass is 16.5. The molecule has 3 saturated heterocycles. The number of carbonyl (C=O) groups is 3. The van der Waals surface area contributed by atoms with Crippen LogP contribution in [-0.4, -0.2) is 92.7 Å². The van der Waals surface area contributed by atoms with Crippen LogP contribution in [0.4, 0.5) is 11.4 Å². The number of amides is 3. The SMILES string of the molecule is CCOc1ccccc1N1CCN(C(=O)[C@@H]2CCCN(c3cccc4c3C(=O)N(C[C@@H]3CCCO3)C4=O)C2)CC1. The number of anilines is 2. The van der Waals surface area contributed by atoms with Crippen LogP contribution in [-0.2, 0) is 9.53 Å². The normalized spacial score (nSPS) is 23.1. The molecule has 0 spiro atoms. The molecular formula is C31H38N4O5. The molecular weight excluding hydrogens is 508 g/mol. The van der Waals surface area contributed by atoms with Gasteiger partial charge in [0.1, 0.15) is 5.75 Å². The monoisotopic (exact) mass is 546 g/mol. The van der Waals surface area contributed by atoms with Crippen LogP contribution in [0.2, 0.25) is 0 Å². The second-order valence-electron chi connectivity index (χ2n) is 11.1. The zero-order valence-electron chi connectivity index (χ0n) is 23.2. The van der Waals surface area contributed by atoms with Crippen LogP contribution >= 0.6 is 0 Å². The van der Waals surface area contributed by atoms with Crippen LogP contribution in [0.1, 0.15) is 53.3 Å². The number of rotatable bonds is 7. The summed E-state index contributed by atoms with van der Waals surface area (Å²) >= 11 is 0. The molecule has 0 radical (unpaired) electrons. The molecule has 0 N–H and O–H groups in total. The van der Waals surface area contributed by atoms with Gasteiger partial charge in [0, 0.05) is 45.9 Å². The molecule has 3 amide bonds. The van der Waals surface area contributed by atoms with Gasteiger partial charge in [0.2, 0.25) is 5.91 Å². The lowest BCUT2D eigenvalue weighted by atomic mass is 9.94. The fourth-order valence-electron chi connectivity index (χ4n) is 6.56. The molecule has 2 atom stereocenters. The molecule has 2 aromatic rings. The van der Waals surface area contributed by atoms with E-state index in [1.165, 1.54) is 4.90 Å². The Labute approximate surface area is 235 Å². The van der Waals surface area contributed by atoms with Crippen LogP contribution in [0.25, 0.3) is 0 Å². The van der Waals surface area contributed by atoms with Crippen molar-refractivity contribution >= 4 is 29.1 Å². The Hall–Kier alpha value is -3.59. The van der Waals surface area contributed by atoms with Gasteiger partial charge in [-0.2, -0.15) is 0 Å². The highest BCUT2D eigenvalue weighted by Gasteiger charge is 2.41. The Morgan fingerprint density at radius 2 is 1.70 bits per heavy atom. The molecule has 0 bridgehead atoms. The highest BCUT2D eigenvalue weighted by molar-refractivity contribution is 6.23. The van der Waals surface area contributed by atoms with Crippen molar-refractivity contribution < 1.29 is 23.9 Å². The van der Waals surface area contributed by atoms with Gasteiger partial charge in [-0.1, -0.05) is 18.2 Å². The minimum Gasteiger partial charge on any atom is -0.492 e. The van der Waals surface area contributed by atoms with Crippen molar-refractivity contribution in [3.8, 4) is 5.75 Å². The topological polar surface area (TPSA) is 82.6 Å². The number of hydrogen-bond donors (Lipinski definition) is 0. The summed E-state index contributed by atoms with van der Waals surface area (Å²) in [7, 11) is 0. The van der Waals surface area contributed by atoms with Crippen LogP contribution < -0.4 is 14.5 Å². The van der Waals surface area contributed by atoms with Gasteiger partial charge in [0.25, 0.3) is 11.8 Å². The van der Waals surface area contributed by atoms with E-state index in [4.69, 9.17) is 9.47 Å². The average Bonchev–Trinajstić information content (AvgIpc) is 3.60. The van der Waals surface area contributed by atoms with E-state index in [-0.39, 0.29) is 29.7 Å². The quantitative estimate of drug-likeness (QED) is 0.492. The zero-order chi connectivity index (χ0) is 27.6. The minimum absolute atomic E-state index is 0.0873. The predicted molar refractivity (Wildman–Crippen MR) is 152 cm³/mol. The number of carbonyl (C=O) groups excluding carboxylic acids is 3. The first-order valence-corrected chi connectivity index (χ1v) is 14.7. The molecule has 2 aromatic carbocycles. The molecule has 6 rings (SSSR count). The third-order valence-corrected chi connectivity index (χ3v) is 8.60. The maximum atomic E-state index is 13.7. The molecule has 212 valence electrons. The summed E-state index contributed by atoms with van der Waals surface area (Å²) in [6.45, 7) is 7.75. The van der Waals surface area contributed by atoms with E-state index >= 15 is 0 Å². The molecule has 4 aliphatic heterocycles. The van der Waals surface area contributed by atoms with Crippen molar-refractivity contribution in [2.75, 3.05) is 68.8 Å². The first-order valence-electron chi connectivity index (χ1n) is 14.7. The van der Waals surface area contributed by atoms with Gasteiger partial charge in [-0.15, -0.1) is 0 Å². The zero-order valence-corrected chi connectivity index (χ0v) is 23.2. The summed E-state index contributed by atoms with van der Waals surface area (Å²) in [5.41, 5.74) is 2.77. The van der Waals surface area contributed by atoms with Gasteiger partial charge in [0.05, 0.1) is 47.7 Å². The third kappa shape index (κ3) is 5.03. The van der Waals surface area contributed by atoms with Crippen molar-refractivity contribution in [3.63, 3.8) is 0 Å². The van der Waals surface area contributed by atoms with E-state index in [1.54, 1.807) is 6.07 Å². The Bertz CT molecular complexity index is 1270. The number of ether oxygens (including phenoxy) is 2. The molecule has 0 unspecified atom stereocenters. The molecule has 3 fully saturated rings. The van der Waals surface area contributed by atoms with Crippen molar-refractivity contribution in [3.05, 3.63) is 53.6 Å². The van der Waals surface area contributed by atoms with E-state index in [1.807, 2.05) is 42.2 Å². The van der Waals surface area contributed by atoms with E-state index in [0.717, 1.165) is 62.4 Å². The lowest BCUT2D eigenvalue weighted by molar-refractivity contribution is -0.136. The lowest BCUT2D eigenvalue weighted by Crippen LogP contribution is -2.52. The number of nitrogens with zero attached hydrogens (tertiary/aromatic N) is 4. The van der Waals surface area contributed by atoms with Crippen molar-refractivity contribution in [1.29, 1.82) is 0 Å². The Morgan fingerprint density at radius 3 is 2.48 bits per heavy atom. The first-order chi connectivity index (χ1) is 19.5. The Kier molecular flexibility index (Phi) is 7.65. The Morgan fingerprint density at radius 1 is 0.900 bits per heavy atom. The molecule has 0 saturated carbocycles. The van der Waals surface area contributed by atoms with Gasteiger partial charge in [0.15, 0.2) is 0 Å². The predicted octanol–water partition coefficient (Wildman–Crippen LogP) is 3.43. The summed E-state index contributed by atoms with van der Waals surface area (Å²) < 4.78 is 11.5. The van der Waals surface area contributed by atoms with E-state index < -0.39 is 0 Å². The van der Waals surface area contributed by atoms with Crippen molar-refractivity contribution in [2.24, 2.45) is 5.92 Å². The van der Waals surface area contributed by atoms with Gasteiger partial charge in [-0.05, 0) is 56.9 Å². The summed E-state index contributed by atoms with van der Waals surface area (Å²) in [6, 6.07) is 13.6. The number of piperazine rings is 1. The maximum Gasteiger partial charge on any atom is 0.263 e. The van der Waals surface area contributed by atoms with E-state index in [2.05, 4.69) is 15.9 Å². The smallest absolute Gasteiger partial charge is 0.263 e. The number of para-hydroxylation sites is 2. The molecule has 4 aliphatic rings. The third-order valence-electron chi connectivity index (χ3n) is 8.60. The van der Waals surface area contributed by atoms with Gasteiger partial charge in [-0.3, -0.25) is 19.3 Å². The van der Waals surface area contributed by atoms with Crippen molar-refractivity contribution in [2.45, 2.75) is 38.7 Å². The van der Waals surface area contributed by atoms with Gasteiger partial charge in [-0.25, -0.2) is 0 Å². The van der Waals surface area contributed by atoms with Crippen LogP contribution in [0, 0.1) is 5.92 Å². The van der Waals surface area contributed by atoms with Gasteiger partial charge < -0.3 is 24.2 Å². The second kappa shape index (κ2) is 11.5. The van der Waals surface area contributed by atoms with Crippen LogP contribution in [0.15, 0.2) is 42.5 Å². The van der Waals surface area contributed by atoms with E-state index in [0.29, 0.717) is 50.5 Å². The van der Waals surface area contributed by atoms with Crippen molar-refractivity contribution in [1.82, 2.24) is 9.80 Å². The first kappa shape index (κ1) is 26.6. The molecule has 0 aliphatic carbocycles. The molecule has 9 heteroatoms. The minimum atomic E-state index is -0.247. The number of benzene rings is 2. The highest BCUT2D eigenvalue weighted by Crippen LogP contribution is 2.35. The lowest BCUT2D eigenvalue weighted by Gasteiger charge is -2.40. The summed E-state index contributed by atoms with van der Waals surface area (Å²) in [6.07, 6.45) is 3.43. The van der Waals surface area contributed by atoms with E-state index in [9.17, 15) is 14.4 Å². The Balaban J connectivity index is 1.12. The largest absolute Gasteiger partial charge is 0.492 e. The molecule has 0 aromatic heterocycles. The average molecular weight is 547 g/mol. The number of piperidine rings is 1. The standard InChI is InChI=1S/C31H38N4O5/c1-2-39-27-13-4-3-11-25(27)32-15-17-33(18-16-32)29(36)22-8-6-14-34(20-22)26-12-5-10-24-28(26)31(38)35(30(24)37)21-23-9-7-19-40-23/h3-5,10-13,22-23H,2,6-9,14-21H2,1H3/t22-,23+/m1/s1. The molecule has 40 heavy (non-hydrogen) atoms. The number of hydrogen-bond acceptors (Lipinski definition) is 7. The summed E-state index contributed by atoms with van der Waals surface area (Å²) in [5, 5.41) is 0. The number of imide groups is 1.